The van der Waals surface area contributed by atoms with Gasteiger partial charge in [-0.1, -0.05) is 0 Å². The van der Waals surface area contributed by atoms with Crippen molar-refractivity contribution in [3.8, 4) is 0 Å². The second kappa shape index (κ2) is 4.07. The second-order valence-electron chi connectivity index (χ2n) is 3.92. The Kier molecular flexibility index (Phi) is 3.27. The summed E-state index contributed by atoms with van der Waals surface area (Å²) in [5.41, 5.74) is 0. The van der Waals surface area contributed by atoms with Gasteiger partial charge in [0.15, 0.2) is 0 Å². The molecule has 0 spiro atoms. The zero-order valence-electron chi connectivity index (χ0n) is 8.53. The summed E-state index contributed by atoms with van der Waals surface area (Å²) < 4.78 is 0. The number of rotatable bonds is 2. The summed E-state index contributed by atoms with van der Waals surface area (Å²) >= 11 is 0. The predicted octanol–water partition coefficient (Wildman–Crippen LogP) is 0.0954. The van der Waals surface area contributed by atoms with Crippen LogP contribution in [0.4, 0.5) is 0 Å². The third kappa shape index (κ3) is 2.42. The standard InChI is InChI=1S/C9H18N2O2/c1-7(2)11-5-4-10(3)8(6-11)9(12)13/h7-8H,4-6H2,1-3H3,(H,12,13). The van der Waals surface area contributed by atoms with E-state index < -0.39 is 5.97 Å². The first-order valence-corrected chi connectivity index (χ1v) is 4.69. The van der Waals surface area contributed by atoms with Gasteiger partial charge in [0.25, 0.3) is 0 Å². The van der Waals surface area contributed by atoms with Gasteiger partial charge in [-0.15, -0.1) is 0 Å². The number of hydrogen-bond donors (Lipinski definition) is 1. The molecule has 4 nitrogen and oxygen atoms in total. The molecule has 1 atom stereocenters. The summed E-state index contributed by atoms with van der Waals surface area (Å²) in [6.07, 6.45) is 0. The molecule has 1 aliphatic rings. The van der Waals surface area contributed by atoms with Crippen molar-refractivity contribution in [3.63, 3.8) is 0 Å². The van der Waals surface area contributed by atoms with E-state index in [0.717, 1.165) is 13.1 Å². The zero-order valence-corrected chi connectivity index (χ0v) is 8.53. The highest BCUT2D eigenvalue weighted by molar-refractivity contribution is 5.73. The van der Waals surface area contributed by atoms with Gasteiger partial charge in [-0.2, -0.15) is 0 Å². The molecule has 0 radical (unpaired) electrons. The molecule has 1 aliphatic heterocycles. The monoisotopic (exact) mass is 186 g/mol. The molecule has 1 unspecified atom stereocenters. The number of hydrogen-bond acceptors (Lipinski definition) is 3. The van der Waals surface area contributed by atoms with Gasteiger partial charge < -0.3 is 5.11 Å². The molecule has 0 aromatic carbocycles. The van der Waals surface area contributed by atoms with E-state index in [1.54, 1.807) is 0 Å². The fourth-order valence-corrected chi connectivity index (χ4v) is 1.63. The summed E-state index contributed by atoms with van der Waals surface area (Å²) in [5.74, 6) is -0.715. The summed E-state index contributed by atoms with van der Waals surface area (Å²) in [6, 6.07) is 0.103. The number of carboxylic acids is 1. The topological polar surface area (TPSA) is 43.8 Å². The summed E-state index contributed by atoms with van der Waals surface area (Å²) in [5, 5.41) is 8.94. The lowest BCUT2D eigenvalue weighted by atomic mass is 10.1. The molecule has 0 amide bonds. The Hall–Kier alpha value is -0.610. The number of nitrogens with zero attached hydrogens (tertiary/aromatic N) is 2. The van der Waals surface area contributed by atoms with Crippen LogP contribution in [0.3, 0.4) is 0 Å². The fourth-order valence-electron chi connectivity index (χ4n) is 1.63. The lowest BCUT2D eigenvalue weighted by Gasteiger charge is -2.39. The first-order valence-electron chi connectivity index (χ1n) is 4.69. The fraction of sp³-hybridized carbons (Fsp3) is 0.889. The lowest BCUT2D eigenvalue weighted by molar-refractivity contribution is -0.145. The first-order chi connectivity index (χ1) is 6.02. The average Bonchev–Trinajstić information content (AvgIpc) is 2.04. The van der Waals surface area contributed by atoms with Crippen LogP contribution in [0.5, 0.6) is 0 Å². The maximum Gasteiger partial charge on any atom is 0.322 e. The molecule has 0 aromatic rings. The van der Waals surface area contributed by atoms with Crippen molar-refractivity contribution in [1.29, 1.82) is 0 Å². The van der Waals surface area contributed by atoms with Crippen LogP contribution < -0.4 is 0 Å². The van der Waals surface area contributed by atoms with Gasteiger partial charge in [0.1, 0.15) is 6.04 Å². The molecule has 1 heterocycles. The Labute approximate surface area is 79.1 Å². The van der Waals surface area contributed by atoms with Crippen molar-refractivity contribution in [1.82, 2.24) is 9.80 Å². The van der Waals surface area contributed by atoms with E-state index >= 15 is 0 Å². The van der Waals surface area contributed by atoms with Gasteiger partial charge in [0, 0.05) is 25.7 Å². The summed E-state index contributed by atoms with van der Waals surface area (Å²) in [7, 11) is 1.87. The molecule has 1 N–H and O–H groups in total. The Morgan fingerprint density at radius 2 is 2.08 bits per heavy atom. The van der Waals surface area contributed by atoms with Crippen molar-refractivity contribution in [2.24, 2.45) is 0 Å². The van der Waals surface area contributed by atoms with Crippen LogP contribution in [-0.2, 0) is 4.79 Å². The van der Waals surface area contributed by atoms with Gasteiger partial charge in [-0.05, 0) is 20.9 Å². The third-order valence-electron chi connectivity index (χ3n) is 2.69. The highest BCUT2D eigenvalue weighted by Gasteiger charge is 2.30. The van der Waals surface area contributed by atoms with Crippen LogP contribution >= 0.6 is 0 Å². The third-order valence-corrected chi connectivity index (χ3v) is 2.69. The Bertz CT molecular complexity index is 194. The highest BCUT2D eigenvalue weighted by Crippen LogP contribution is 2.10. The Balaban J connectivity index is 2.58. The Morgan fingerprint density at radius 3 is 2.54 bits per heavy atom. The lowest BCUT2D eigenvalue weighted by Crippen LogP contribution is -2.56. The molecule has 1 rings (SSSR count). The molecule has 13 heavy (non-hydrogen) atoms. The van der Waals surface area contributed by atoms with Crippen LogP contribution in [0.15, 0.2) is 0 Å². The van der Waals surface area contributed by atoms with Crippen LogP contribution in [0.1, 0.15) is 13.8 Å². The van der Waals surface area contributed by atoms with Gasteiger partial charge in [0.05, 0.1) is 0 Å². The van der Waals surface area contributed by atoms with E-state index in [4.69, 9.17) is 5.11 Å². The maximum atomic E-state index is 10.9. The van der Waals surface area contributed by atoms with Gasteiger partial charge in [-0.3, -0.25) is 14.6 Å². The van der Waals surface area contributed by atoms with Crippen LogP contribution in [0.2, 0.25) is 0 Å². The molecular formula is C9H18N2O2. The SMILES string of the molecule is CC(C)N1CCN(C)C(C(=O)O)C1. The first kappa shape index (κ1) is 10.5. The minimum Gasteiger partial charge on any atom is -0.480 e. The van der Waals surface area contributed by atoms with Crippen LogP contribution in [-0.4, -0.2) is 59.6 Å². The smallest absolute Gasteiger partial charge is 0.322 e. The van der Waals surface area contributed by atoms with Crippen LogP contribution in [0.25, 0.3) is 0 Å². The molecule has 0 bridgehead atoms. The summed E-state index contributed by atoms with van der Waals surface area (Å²) in [6.45, 7) is 6.66. The predicted molar refractivity (Wildman–Crippen MR) is 50.8 cm³/mol. The van der Waals surface area contributed by atoms with E-state index in [1.807, 2.05) is 11.9 Å². The molecular weight excluding hydrogens is 168 g/mol. The number of carboxylic acid groups (broad SMARTS) is 1. The summed E-state index contributed by atoms with van der Waals surface area (Å²) in [4.78, 5) is 15.0. The Morgan fingerprint density at radius 1 is 1.46 bits per heavy atom. The van der Waals surface area contributed by atoms with Crippen molar-refractivity contribution in [2.75, 3.05) is 26.7 Å². The van der Waals surface area contributed by atoms with E-state index in [9.17, 15) is 4.79 Å². The number of aliphatic carboxylic acids is 1. The van der Waals surface area contributed by atoms with Crippen molar-refractivity contribution in [2.45, 2.75) is 25.9 Å². The zero-order chi connectivity index (χ0) is 10.0. The minimum absolute atomic E-state index is 0.337. The maximum absolute atomic E-state index is 10.9. The van der Waals surface area contributed by atoms with Crippen molar-refractivity contribution >= 4 is 5.97 Å². The molecule has 0 aromatic heterocycles. The van der Waals surface area contributed by atoms with Gasteiger partial charge >= 0.3 is 5.97 Å². The second-order valence-corrected chi connectivity index (χ2v) is 3.92. The van der Waals surface area contributed by atoms with E-state index in [2.05, 4.69) is 18.7 Å². The molecule has 4 heteroatoms. The molecule has 0 aliphatic carbocycles. The normalized spacial score (nSPS) is 26.6. The number of likely N-dealkylation sites (N-methyl/N-ethyl adjacent to an activating group) is 1. The molecule has 0 saturated carbocycles. The highest BCUT2D eigenvalue weighted by atomic mass is 16.4. The van der Waals surface area contributed by atoms with Gasteiger partial charge in [-0.25, -0.2) is 0 Å². The van der Waals surface area contributed by atoms with E-state index in [-0.39, 0.29) is 6.04 Å². The van der Waals surface area contributed by atoms with Crippen molar-refractivity contribution in [3.05, 3.63) is 0 Å². The molecule has 1 saturated heterocycles. The largest absolute Gasteiger partial charge is 0.480 e. The minimum atomic E-state index is -0.715. The molecule has 1 fully saturated rings. The van der Waals surface area contributed by atoms with Gasteiger partial charge in [0.2, 0.25) is 0 Å². The van der Waals surface area contributed by atoms with Crippen LogP contribution in [0, 0.1) is 0 Å². The van der Waals surface area contributed by atoms with Crippen molar-refractivity contribution < 1.29 is 9.90 Å². The number of carbonyl (C=O) groups is 1. The average molecular weight is 186 g/mol. The molecule has 76 valence electrons. The quantitative estimate of drug-likeness (QED) is 0.664. The number of piperazine rings is 1. The van der Waals surface area contributed by atoms with E-state index in [1.165, 1.54) is 0 Å². The van der Waals surface area contributed by atoms with E-state index in [0.29, 0.717) is 12.6 Å².